The van der Waals surface area contributed by atoms with Gasteiger partial charge in [0.2, 0.25) is 0 Å². The molecule has 0 aliphatic carbocycles. The molecule has 16 heavy (non-hydrogen) atoms. The molecule has 3 atom stereocenters. The summed E-state index contributed by atoms with van der Waals surface area (Å²) in [7, 11) is 0. The molecule has 2 fully saturated rings. The first kappa shape index (κ1) is 12.3. The molecule has 0 amide bonds. The summed E-state index contributed by atoms with van der Waals surface area (Å²) < 4.78 is 0. The Morgan fingerprint density at radius 2 is 2.06 bits per heavy atom. The van der Waals surface area contributed by atoms with Gasteiger partial charge >= 0.3 is 0 Å². The lowest BCUT2D eigenvalue weighted by Gasteiger charge is -2.43. The minimum Gasteiger partial charge on any atom is -0.389 e. The van der Waals surface area contributed by atoms with E-state index in [9.17, 15) is 5.11 Å². The first-order chi connectivity index (χ1) is 7.50. The monoisotopic (exact) mass is 226 g/mol. The highest BCUT2D eigenvalue weighted by Gasteiger charge is 2.41. The zero-order chi connectivity index (χ0) is 11.8. The molecule has 0 saturated carbocycles. The number of aliphatic hydroxyl groups is 1. The van der Waals surface area contributed by atoms with E-state index < -0.39 is 5.60 Å². The van der Waals surface area contributed by atoms with Gasteiger partial charge in [0.05, 0.1) is 5.60 Å². The molecule has 94 valence electrons. The fourth-order valence-corrected chi connectivity index (χ4v) is 3.44. The molecule has 3 nitrogen and oxygen atoms in total. The van der Waals surface area contributed by atoms with Crippen molar-refractivity contribution in [3.63, 3.8) is 0 Å². The minimum atomic E-state index is -0.554. The van der Waals surface area contributed by atoms with Gasteiger partial charge in [-0.1, -0.05) is 6.92 Å². The van der Waals surface area contributed by atoms with Gasteiger partial charge in [-0.15, -0.1) is 0 Å². The molecule has 1 unspecified atom stereocenters. The lowest BCUT2D eigenvalue weighted by Crippen LogP contribution is -2.55. The summed E-state index contributed by atoms with van der Waals surface area (Å²) in [4.78, 5) is 2.57. The highest BCUT2D eigenvalue weighted by atomic mass is 16.3. The summed E-state index contributed by atoms with van der Waals surface area (Å²) in [6.07, 6.45) is 3.62. The second-order valence-electron chi connectivity index (χ2n) is 6.09. The Hall–Kier alpha value is -0.120. The van der Waals surface area contributed by atoms with Gasteiger partial charge in [0.1, 0.15) is 0 Å². The van der Waals surface area contributed by atoms with Gasteiger partial charge < -0.3 is 10.4 Å². The van der Waals surface area contributed by atoms with E-state index in [2.05, 4.69) is 17.1 Å². The first-order valence-electron chi connectivity index (χ1n) is 6.69. The molecule has 0 aromatic rings. The van der Waals surface area contributed by atoms with Gasteiger partial charge in [-0.2, -0.15) is 0 Å². The number of hydrogen-bond donors (Lipinski definition) is 2. The molecular formula is C13H26N2O. The molecule has 0 aromatic carbocycles. The van der Waals surface area contributed by atoms with Crippen molar-refractivity contribution in [3.8, 4) is 0 Å². The van der Waals surface area contributed by atoms with E-state index in [0.717, 1.165) is 19.5 Å². The smallest absolute Gasteiger partial charge is 0.0746 e. The molecule has 3 heteroatoms. The summed E-state index contributed by atoms with van der Waals surface area (Å²) in [5.74, 6) is 0.705. The number of rotatable bonds is 2. The lowest BCUT2D eigenvalue weighted by molar-refractivity contribution is -0.0298. The quantitative estimate of drug-likeness (QED) is 0.743. The van der Waals surface area contributed by atoms with Crippen LogP contribution < -0.4 is 5.32 Å². The van der Waals surface area contributed by atoms with Gasteiger partial charge in [-0.3, -0.25) is 4.90 Å². The van der Waals surface area contributed by atoms with Crippen molar-refractivity contribution in [1.29, 1.82) is 0 Å². The van der Waals surface area contributed by atoms with Crippen molar-refractivity contribution in [3.05, 3.63) is 0 Å². The number of piperidine rings is 1. The van der Waals surface area contributed by atoms with Crippen LogP contribution in [0, 0.1) is 5.92 Å². The molecule has 0 bridgehead atoms. The van der Waals surface area contributed by atoms with E-state index in [1.54, 1.807) is 0 Å². The standard InChI is InChI=1S/C13H26N2O/c1-10-9-14-7-6-11(10)15-8-4-5-12(15)13(2,3)16/h10-12,14,16H,4-9H2,1-3H3/t10-,11+,12?/m1/s1. The predicted octanol–water partition coefficient (Wildman–Crippen LogP) is 1.22. The Morgan fingerprint density at radius 1 is 1.31 bits per heavy atom. The Bertz CT molecular complexity index is 237. The van der Waals surface area contributed by atoms with Crippen LogP contribution in [0.1, 0.15) is 40.0 Å². The normalized spacial score (nSPS) is 37.9. The van der Waals surface area contributed by atoms with Crippen LogP contribution in [0.4, 0.5) is 0 Å². The number of nitrogens with one attached hydrogen (secondary N) is 1. The molecule has 2 aliphatic rings. The van der Waals surface area contributed by atoms with Gasteiger partial charge in [0, 0.05) is 12.1 Å². The largest absolute Gasteiger partial charge is 0.389 e. The Balaban J connectivity index is 2.07. The summed E-state index contributed by atoms with van der Waals surface area (Å²) in [5, 5.41) is 13.7. The summed E-state index contributed by atoms with van der Waals surface area (Å²) in [5.41, 5.74) is -0.554. The average molecular weight is 226 g/mol. The molecule has 2 rings (SSSR count). The van der Waals surface area contributed by atoms with Crippen LogP contribution >= 0.6 is 0 Å². The molecule has 2 N–H and O–H groups in total. The number of likely N-dealkylation sites (tertiary alicyclic amines) is 1. The van der Waals surface area contributed by atoms with Crippen molar-refractivity contribution in [2.24, 2.45) is 5.92 Å². The topological polar surface area (TPSA) is 35.5 Å². The predicted molar refractivity (Wildman–Crippen MR) is 66.5 cm³/mol. The zero-order valence-electron chi connectivity index (χ0n) is 10.9. The van der Waals surface area contributed by atoms with E-state index in [-0.39, 0.29) is 0 Å². The molecule has 2 aliphatic heterocycles. The van der Waals surface area contributed by atoms with E-state index in [4.69, 9.17) is 0 Å². The summed E-state index contributed by atoms with van der Waals surface area (Å²) in [6.45, 7) is 9.67. The van der Waals surface area contributed by atoms with Crippen molar-refractivity contribution >= 4 is 0 Å². The summed E-state index contributed by atoms with van der Waals surface area (Å²) in [6, 6.07) is 1.03. The maximum absolute atomic E-state index is 10.2. The number of nitrogens with zero attached hydrogens (tertiary/aromatic N) is 1. The highest BCUT2D eigenvalue weighted by molar-refractivity contribution is 4.96. The molecule has 0 aromatic heterocycles. The van der Waals surface area contributed by atoms with Crippen LogP contribution in [0.25, 0.3) is 0 Å². The van der Waals surface area contributed by atoms with Crippen LogP contribution in [-0.2, 0) is 0 Å². The maximum Gasteiger partial charge on any atom is 0.0746 e. The van der Waals surface area contributed by atoms with Gasteiger partial charge in [0.25, 0.3) is 0 Å². The minimum absolute atomic E-state index is 0.359. The van der Waals surface area contributed by atoms with Crippen LogP contribution in [0.2, 0.25) is 0 Å². The molecular weight excluding hydrogens is 200 g/mol. The van der Waals surface area contributed by atoms with E-state index >= 15 is 0 Å². The SMILES string of the molecule is C[C@@H]1CNCC[C@@H]1N1CCCC1C(C)(C)O. The average Bonchev–Trinajstić information content (AvgIpc) is 2.66. The van der Waals surface area contributed by atoms with Crippen LogP contribution in [-0.4, -0.2) is 47.3 Å². The molecule has 0 radical (unpaired) electrons. The maximum atomic E-state index is 10.2. The fourth-order valence-electron chi connectivity index (χ4n) is 3.44. The van der Waals surface area contributed by atoms with Gasteiger partial charge in [-0.05, 0) is 58.7 Å². The van der Waals surface area contributed by atoms with E-state index in [0.29, 0.717) is 18.0 Å². The second-order valence-corrected chi connectivity index (χ2v) is 6.09. The Kier molecular flexibility index (Phi) is 3.57. The number of hydrogen-bond acceptors (Lipinski definition) is 3. The fraction of sp³-hybridized carbons (Fsp3) is 1.00. The summed E-state index contributed by atoms with van der Waals surface area (Å²) >= 11 is 0. The Morgan fingerprint density at radius 3 is 2.69 bits per heavy atom. The highest BCUT2D eigenvalue weighted by Crippen LogP contribution is 2.32. The van der Waals surface area contributed by atoms with Crippen LogP contribution in [0.3, 0.4) is 0 Å². The van der Waals surface area contributed by atoms with E-state index in [1.165, 1.54) is 19.4 Å². The first-order valence-corrected chi connectivity index (χ1v) is 6.69. The third kappa shape index (κ3) is 2.41. The van der Waals surface area contributed by atoms with Crippen molar-refractivity contribution in [2.45, 2.75) is 57.7 Å². The van der Waals surface area contributed by atoms with E-state index in [1.807, 2.05) is 13.8 Å². The Labute approximate surface area is 99.2 Å². The molecule has 2 heterocycles. The molecule has 0 spiro atoms. The van der Waals surface area contributed by atoms with Crippen molar-refractivity contribution in [1.82, 2.24) is 10.2 Å². The van der Waals surface area contributed by atoms with Crippen LogP contribution in [0.5, 0.6) is 0 Å². The molecule has 2 saturated heterocycles. The third-order valence-corrected chi connectivity index (χ3v) is 4.28. The van der Waals surface area contributed by atoms with Gasteiger partial charge in [0.15, 0.2) is 0 Å². The lowest BCUT2D eigenvalue weighted by atomic mass is 9.89. The third-order valence-electron chi connectivity index (χ3n) is 4.28. The van der Waals surface area contributed by atoms with Crippen molar-refractivity contribution < 1.29 is 5.11 Å². The van der Waals surface area contributed by atoms with Crippen LogP contribution in [0.15, 0.2) is 0 Å². The van der Waals surface area contributed by atoms with Crippen molar-refractivity contribution in [2.75, 3.05) is 19.6 Å². The zero-order valence-corrected chi connectivity index (χ0v) is 10.9. The second kappa shape index (κ2) is 4.63. The van der Waals surface area contributed by atoms with Gasteiger partial charge in [-0.25, -0.2) is 0 Å².